The molecule has 1 aliphatic carbocycles. The van der Waals surface area contributed by atoms with Gasteiger partial charge in [-0.15, -0.1) is 11.8 Å². The molecule has 3 aliphatic heterocycles. The Kier molecular flexibility index (Phi) is 7.17. The standard InChI is InChI=1S/C20H38N6OS/c1-13(28-20-25-22-12-26(20)2)15-5-3-7-16(11-15)23-19(27)17-9-8-14-6-4-10-21-18(14)24-17/h13-18,20-22,24-25H,3-12H2,1-2H3,(H,23,27). The number of carbonyl (C=O) groups excluding carboxylic acids is 1. The molecule has 0 aromatic heterocycles. The van der Waals surface area contributed by atoms with Crippen LogP contribution in [0.2, 0.25) is 0 Å². The molecular formula is C20H38N6OS. The zero-order valence-electron chi connectivity index (χ0n) is 17.4. The largest absolute Gasteiger partial charge is 0.352 e. The number of hydrogen-bond acceptors (Lipinski definition) is 7. The zero-order chi connectivity index (χ0) is 19.5. The highest BCUT2D eigenvalue weighted by atomic mass is 32.2. The minimum Gasteiger partial charge on any atom is -0.352 e. The minimum absolute atomic E-state index is 0.0264. The van der Waals surface area contributed by atoms with E-state index in [1.807, 2.05) is 11.8 Å². The molecular weight excluding hydrogens is 372 g/mol. The molecule has 0 aromatic rings. The second-order valence-corrected chi connectivity index (χ2v) is 10.7. The Morgan fingerprint density at radius 3 is 2.89 bits per heavy atom. The van der Waals surface area contributed by atoms with E-state index in [-0.39, 0.29) is 11.9 Å². The summed E-state index contributed by atoms with van der Waals surface area (Å²) in [4.78, 5) is 15.2. The number of amides is 1. The number of rotatable bonds is 5. The molecule has 1 saturated carbocycles. The highest BCUT2D eigenvalue weighted by molar-refractivity contribution is 8.00. The Morgan fingerprint density at radius 2 is 2.07 bits per heavy atom. The number of nitrogens with zero attached hydrogens (tertiary/aromatic N) is 1. The van der Waals surface area contributed by atoms with Gasteiger partial charge in [0.2, 0.25) is 5.91 Å². The summed E-state index contributed by atoms with van der Waals surface area (Å²) in [5.74, 6) is 1.59. The lowest BCUT2D eigenvalue weighted by atomic mass is 9.83. The molecule has 0 aromatic carbocycles. The van der Waals surface area contributed by atoms with Crippen LogP contribution in [-0.2, 0) is 4.79 Å². The minimum atomic E-state index is -0.0264. The molecule has 3 heterocycles. The summed E-state index contributed by atoms with van der Waals surface area (Å²) in [5, 5.41) is 11.1. The lowest BCUT2D eigenvalue weighted by Gasteiger charge is -2.41. The van der Waals surface area contributed by atoms with E-state index in [0.29, 0.717) is 34.8 Å². The first kappa shape index (κ1) is 20.9. The molecule has 4 aliphatic rings. The maximum absolute atomic E-state index is 12.9. The second kappa shape index (κ2) is 9.62. The highest BCUT2D eigenvalue weighted by Crippen LogP contribution is 2.35. The van der Waals surface area contributed by atoms with Crippen molar-refractivity contribution in [2.45, 2.75) is 87.3 Å². The SMILES string of the molecule is CC(SC1NNCN1C)C1CCCC(NC(=O)C2CCC3CCCNC3N2)C1. The first-order chi connectivity index (χ1) is 13.6. The van der Waals surface area contributed by atoms with Gasteiger partial charge in [-0.05, 0) is 70.4 Å². The number of fused-ring (bicyclic) bond motifs is 1. The van der Waals surface area contributed by atoms with Crippen LogP contribution in [0.15, 0.2) is 0 Å². The molecule has 5 N–H and O–H groups in total. The van der Waals surface area contributed by atoms with Gasteiger partial charge in [0, 0.05) is 11.3 Å². The van der Waals surface area contributed by atoms with E-state index in [2.05, 4.69) is 45.7 Å². The van der Waals surface area contributed by atoms with Gasteiger partial charge < -0.3 is 10.6 Å². The molecule has 3 saturated heterocycles. The second-order valence-electron chi connectivity index (χ2n) is 9.19. The predicted molar refractivity (Wildman–Crippen MR) is 114 cm³/mol. The summed E-state index contributed by atoms with van der Waals surface area (Å²) in [6.07, 6.45) is 9.76. The highest BCUT2D eigenvalue weighted by Gasteiger charge is 2.36. The quantitative estimate of drug-likeness (QED) is 0.465. The zero-order valence-corrected chi connectivity index (χ0v) is 18.2. The summed E-state index contributed by atoms with van der Waals surface area (Å²) < 4.78 is 0. The van der Waals surface area contributed by atoms with Crippen LogP contribution in [0.1, 0.15) is 58.3 Å². The Morgan fingerprint density at radius 1 is 1.18 bits per heavy atom. The molecule has 0 bridgehead atoms. The molecule has 7 nitrogen and oxygen atoms in total. The first-order valence-corrected chi connectivity index (χ1v) is 12.2. The average Bonchev–Trinajstić information content (AvgIpc) is 3.12. The summed E-state index contributed by atoms with van der Waals surface area (Å²) >= 11 is 2.00. The van der Waals surface area contributed by atoms with E-state index in [0.717, 1.165) is 32.5 Å². The monoisotopic (exact) mass is 410 g/mol. The van der Waals surface area contributed by atoms with Gasteiger partial charge in [-0.2, -0.15) is 0 Å². The van der Waals surface area contributed by atoms with Crippen LogP contribution < -0.4 is 26.8 Å². The molecule has 0 spiro atoms. The molecule has 7 atom stereocenters. The van der Waals surface area contributed by atoms with E-state index in [9.17, 15) is 4.79 Å². The predicted octanol–water partition coefficient (Wildman–Crippen LogP) is 1.14. The van der Waals surface area contributed by atoms with E-state index in [4.69, 9.17) is 0 Å². The Labute approximate surface area is 173 Å². The third-order valence-corrected chi connectivity index (χ3v) is 8.68. The van der Waals surface area contributed by atoms with E-state index < -0.39 is 0 Å². The third kappa shape index (κ3) is 5.02. The molecule has 7 unspecified atom stereocenters. The number of nitrogens with one attached hydrogen (secondary N) is 5. The van der Waals surface area contributed by atoms with Gasteiger partial charge in [-0.3, -0.25) is 15.0 Å². The Balaban J connectivity index is 1.24. The molecule has 4 rings (SSSR count). The van der Waals surface area contributed by atoms with Crippen LogP contribution in [0, 0.1) is 11.8 Å². The smallest absolute Gasteiger partial charge is 0.237 e. The van der Waals surface area contributed by atoms with Gasteiger partial charge in [-0.1, -0.05) is 13.3 Å². The van der Waals surface area contributed by atoms with Crippen molar-refractivity contribution in [1.82, 2.24) is 31.7 Å². The molecule has 4 fully saturated rings. The van der Waals surface area contributed by atoms with Gasteiger partial charge in [-0.25, -0.2) is 10.9 Å². The van der Waals surface area contributed by atoms with Crippen molar-refractivity contribution in [3.05, 3.63) is 0 Å². The van der Waals surface area contributed by atoms with Crippen molar-refractivity contribution >= 4 is 17.7 Å². The van der Waals surface area contributed by atoms with E-state index >= 15 is 0 Å². The lowest BCUT2D eigenvalue weighted by molar-refractivity contribution is -0.125. The fourth-order valence-corrected chi connectivity index (χ4v) is 6.65. The molecule has 28 heavy (non-hydrogen) atoms. The molecule has 0 radical (unpaired) electrons. The number of thioether (sulfide) groups is 1. The third-order valence-electron chi connectivity index (χ3n) is 7.13. The molecule has 8 heteroatoms. The van der Waals surface area contributed by atoms with E-state index in [1.54, 1.807) is 0 Å². The number of hydrazine groups is 1. The number of hydrogen-bond donors (Lipinski definition) is 5. The summed E-state index contributed by atoms with van der Waals surface area (Å²) in [6, 6.07) is 0.307. The topological polar surface area (TPSA) is 80.5 Å². The first-order valence-electron chi connectivity index (χ1n) is 11.2. The van der Waals surface area contributed by atoms with Crippen LogP contribution >= 0.6 is 11.8 Å². The normalized spacial score (nSPS) is 40.6. The summed E-state index contributed by atoms with van der Waals surface area (Å²) in [5.41, 5.74) is 6.89. The van der Waals surface area contributed by atoms with E-state index in [1.165, 1.54) is 32.1 Å². The van der Waals surface area contributed by atoms with Crippen molar-refractivity contribution in [2.24, 2.45) is 11.8 Å². The van der Waals surface area contributed by atoms with Crippen LogP contribution in [0.5, 0.6) is 0 Å². The van der Waals surface area contributed by atoms with Crippen LogP contribution in [0.4, 0.5) is 0 Å². The number of carbonyl (C=O) groups is 1. The van der Waals surface area contributed by atoms with Crippen LogP contribution in [-0.4, -0.2) is 60.1 Å². The van der Waals surface area contributed by atoms with Crippen LogP contribution in [0.25, 0.3) is 0 Å². The van der Waals surface area contributed by atoms with Gasteiger partial charge in [0.05, 0.1) is 18.9 Å². The van der Waals surface area contributed by atoms with Crippen molar-refractivity contribution < 1.29 is 4.79 Å². The maximum Gasteiger partial charge on any atom is 0.237 e. The Bertz CT molecular complexity index is 537. The fourth-order valence-electron chi connectivity index (χ4n) is 5.34. The van der Waals surface area contributed by atoms with Gasteiger partial charge in [0.25, 0.3) is 0 Å². The van der Waals surface area contributed by atoms with Crippen molar-refractivity contribution in [3.8, 4) is 0 Å². The van der Waals surface area contributed by atoms with Gasteiger partial charge in [0.1, 0.15) is 5.50 Å². The molecule has 160 valence electrons. The number of piperidine rings is 2. The summed E-state index contributed by atoms with van der Waals surface area (Å²) in [7, 11) is 2.14. The van der Waals surface area contributed by atoms with Gasteiger partial charge >= 0.3 is 0 Å². The fraction of sp³-hybridized carbons (Fsp3) is 0.950. The van der Waals surface area contributed by atoms with Gasteiger partial charge in [0.15, 0.2) is 0 Å². The molecule has 1 amide bonds. The lowest BCUT2D eigenvalue weighted by Crippen LogP contribution is -2.61. The van der Waals surface area contributed by atoms with Crippen LogP contribution in [0.3, 0.4) is 0 Å². The van der Waals surface area contributed by atoms with Crippen molar-refractivity contribution in [1.29, 1.82) is 0 Å². The van der Waals surface area contributed by atoms with Crippen molar-refractivity contribution in [3.63, 3.8) is 0 Å². The Hall–Kier alpha value is -0.380. The maximum atomic E-state index is 12.9. The summed E-state index contributed by atoms with van der Waals surface area (Å²) in [6.45, 7) is 4.31. The van der Waals surface area contributed by atoms with Crippen molar-refractivity contribution in [2.75, 3.05) is 20.3 Å². The average molecular weight is 411 g/mol.